The average molecular weight is 339 g/mol. The zero-order valence-corrected chi connectivity index (χ0v) is 13.3. The van der Waals surface area contributed by atoms with E-state index in [9.17, 15) is 9.59 Å². The Morgan fingerprint density at radius 3 is 2.67 bits per heavy atom. The zero-order chi connectivity index (χ0) is 16.9. The van der Waals surface area contributed by atoms with Gasteiger partial charge in [0.2, 0.25) is 0 Å². The Labute approximate surface area is 141 Å². The number of nitrogens with one attached hydrogen (secondary N) is 2. The first kappa shape index (κ1) is 15.8. The van der Waals surface area contributed by atoms with Crippen LogP contribution in [-0.2, 0) is 6.42 Å². The van der Waals surface area contributed by atoms with Crippen molar-refractivity contribution in [2.24, 2.45) is 0 Å². The molecule has 1 aromatic carbocycles. The summed E-state index contributed by atoms with van der Waals surface area (Å²) in [7, 11) is 0. The number of hydrogen-bond donors (Lipinski definition) is 2. The fourth-order valence-corrected chi connectivity index (χ4v) is 2.89. The second kappa shape index (κ2) is 7.02. The zero-order valence-electron chi connectivity index (χ0n) is 12.5. The van der Waals surface area contributed by atoms with Gasteiger partial charge in [-0.3, -0.25) is 14.3 Å². The van der Waals surface area contributed by atoms with Gasteiger partial charge < -0.3 is 4.98 Å². The second-order valence-electron chi connectivity index (χ2n) is 4.85. The van der Waals surface area contributed by atoms with E-state index in [4.69, 9.17) is 6.42 Å². The van der Waals surface area contributed by atoms with E-state index in [0.29, 0.717) is 22.4 Å². The van der Waals surface area contributed by atoms with Crippen molar-refractivity contribution in [2.45, 2.75) is 11.6 Å². The van der Waals surface area contributed by atoms with Crippen LogP contribution < -0.4 is 11.2 Å². The average Bonchev–Trinajstić information content (AvgIpc) is 2.95. The van der Waals surface area contributed by atoms with Crippen LogP contribution in [0, 0.1) is 12.3 Å². The summed E-state index contributed by atoms with van der Waals surface area (Å²) >= 11 is 1.39. The third-order valence-electron chi connectivity index (χ3n) is 3.16. The highest BCUT2D eigenvalue weighted by Gasteiger charge is 2.15. The lowest BCUT2D eigenvalue weighted by Crippen LogP contribution is -2.23. The normalized spacial score (nSPS) is 10.5. The van der Waals surface area contributed by atoms with Crippen molar-refractivity contribution in [3.05, 3.63) is 68.8 Å². The number of nitrogens with zero attached hydrogens (tertiary/aromatic N) is 3. The monoisotopic (exact) mass is 339 g/mol. The molecule has 0 fully saturated rings. The molecule has 0 spiro atoms. The molecule has 3 rings (SSSR count). The molecule has 0 aliphatic rings. The lowest BCUT2D eigenvalue weighted by Gasteiger charge is -2.09. The van der Waals surface area contributed by atoms with Crippen molar-refractivity contribution >= 4 is 11.8 Å². The number of hydrogen-bond acceptors (Lipinski definition) is 5. The van der Waals surface area contributed by atoms with Gasteiger partial charge in [-0.25, -0.2) is 4.79 Å². The predicted octanol–water partition coefficient (Wildman–Crippen LogP) is 0.960. The van der Waals surface area contributed by atoms with Crippen LogP contribution in [0.5, 0.6) is 0 Å². The Kier molecular flexibility index (Phi) is 4.63. The highest BCUT2D eigenvalue weighted by atomic mass is 32.2. The topological polar surface area (TPSA) is 96.4 Å². The van der Waals surface area contributed by atoms with E-state index in [-0.39, 0.29) is 6.42 Å². The third-order valence-corrected chi connectivity index (χ3v) is 4.00. The van der Waals surface area contributed by atoms with E-state index >= 15 is 0 Å². The summed E-state index contributed by atoms with van der Waals surface area (Å²) in [5, 5.41) is 9.02. The number of H-pyrrole nitrogens is 2. The van der Waals surface area contributed by atoms with Crippen LogP contribution >= 0.6 is 11.8 Å². The standard InChI is InChI=1S/C16H13N5O2S/c1-2-8-24-16-20-19-13(21(16)12-6-4-3-5-7-12)9-11-10-14(22)18-15(23)17-11/h1,3-7,10H,8-9H2,(H2,17,18,22,23). The summed E-state index contributed by atoms with van der Waals surface area (Å²) < 4.78 is 1.86. The summed E-state index contributed by atoms with van der Waals surface area (Å²) in [6.07, 6.45) is 5.58. The molecule has 0 aliphatic heterocycles. The van der Waals surface area contributed by atoms with Crippen LogP contribution in [0.25, 0.3) is 5.69 Å². The molecule has 0 amide bonds. The number of thioether (sulfide) groups is 1. The van der Waals surface area contributed by atoms with E-state index in [1.807, 2.05) is 34.9 Å². The van der Waals surface area contributed by atoms with Gasteiger partial charge in [-0.2, -0.15) is 0 Å². The number of terminal acetylenes is 1. The lowest BCUT2D eigenvalue weighted by molar-refractivity contribution is 0.830. The van der Waals surface area contributed by atoms with Gasteiger partial charge in [0.15, 0.2) is 5.16 Å². The molecule has 2 heterocycles. The first-order valence-corrected chi connectivity index (χ1v) is 8.04. The van der Waals surface area contributed by atoms with Crippen molar-refractivity contribution in [3.63, 3.8) is 0 Å². The van der Waals surface area contributed by atoms with Gasteiger partial charge in [-0.1, -0.05) is 35.9 Å². The summed E-state index contributed by atoms with van der Waals surface area (Å²) in [5.41, 5.74) is 0.331. The van der Waals surface area contributed by atoms with Crippen LogP contribution in [0.3, 0.4) is 0 Å². The van der Waals surface area contributed by atoms with Crippen molar-refractivity contribution in [3.8, 4) is 18.0 Å². The summed E-state index contributed by atoms with van der Waals surface area (Å²) in [4.78, 5) is 27.6. The maximum Gasteiger partial charge on any atom is 0.325 e. The van der Waals surface area contributed by atoms with E-state index < -0.39 is 11.2 Å². The number of benzene rings is 1. The molecule has 2 N–H and O–H groups in total. The van der Waals surface area contributed by atoms with Gasteiger partial charge >= 0.3 is 5.69 Å². The summed E-state index contributed by atoms with van der Waals surface area (Å²) in [6, 6.07) is 10.9. The molecule has 7 nitrogen and oxygen atoms in total. The molecule has 2 aromatic heterocycles. The largest absolute Gasteiger partial charge is 0.325 e. The number of para-hydroxylation sites is 1. The highest BCUT2D eigenvalue weighted by Crippen LogP contribution is 2.22. The van der Waals surface area contributed by atoms with Crippen molar-refractivity contribution in [1.82, 2.24) is 24.7 Å². The van der Waals surface area contributed by atoms with Crippen LogP contribution in [0.1, 0.15) is 11.5 Å². The minimum Gasteiger partial charge on any atom is -0.311 e. The van der Waals surface area contributed by atoms with Crippen LogP contribution in [0.2, 0.25) is 0 Å². The van der Waals surface area contributed by atoms with Gasteiger partial charge in [0.25, 0.3) is 5.56 Å². The number of aromatic nitrogens is 5. The minimum atomic E-state index is -0.551. The quantitative estimate of drug-likeness (QED) is 0.533. The molecule has 0 bridgehead atoms. The molecule has 0 saturated heterocycles. The summed E-state index contributed by atoms with van der Waals surface area (Å²) in [5.74, 6) is 3.62. The fraction of sp³-hybridized carbons (Fsp3) is 0.125. The van der Waals surface area contributed by atoms with Gasteiger partial charge in [0, 0.05) is 23.9 Å². The minimum absolute atomic E-state index is 0.262. The van der Waals surface area contributed by atoms with Crippen LogP contribution in [-0.4, -0.2) is 30.5 Å². The van der Waals surface area contributed by atoms with E-state index in [2.05, 4.69) is 26.1 Å². The molecular weight excluding hydrogens is 326 g/mol. The van der Waals surface area contributed by atoms with E-state index in [0.717, 1.165) is 5.69 Å². The van der Waals surface area contributed by atoms with E-state index in [1.165, 1.54) is 17.8 Å². The van der Waals surface area contributed by atoms with Crippen LogP contribution in [0.4, 0.5) is 0 Å². The molecule has 3 aromatic rings. The van der Waals surface area contributed by atoms with Gasteiger partial charge in [0.1, 0.15) is 5.82 Å². The number of rotatable bonds is 5. The molecule has 24 heavy (non-hydrogen) atoms. The molecule has 0 saturated carbocycles. The Hall–Kier alpha value is -3.05. The maximum absolute atomic E-state index is 11.5. The maximum atomic E-state index is 11.5. The molecule has 0 radical (unpaired) electrons. The van der Waals surface area contributed by atoms with Crippen molar-refractivity contribution in [2.75, 3.05) is 5.75 Å². The Morgan fingerprint density at radius 2 is 1.96 bits per heavy atom. The second-order valence-corrected chi connectivity index (χ2v) is 5.79. The van der Waals surface area contributed by atoms with Gasteiger partial charge in [0.05, 0.1) is 5.75 Å². The van der Waals surface area contributed by atoms with Crippen molar-refractivity contribution in [1.29, 1.82) is 0 Å². The molecule has 8 heteroatoms. The molecular formula is C16H13N5O2S. The molecule has 0 atom stereocenters. The van der Waals surface area contributed by atoms with Crippen molar-refractivity contribution < 1.29 is 0 Å². The third kappa shape index (κ3) is 3.47. The molecule has 0 unspecified atom stereocenters. The lowest BCUT2D eigenvalue weighted by atomic mass is 10.2. The number of aromatic amines is 2. The van der Waals surface area contributed by atoms with Crippen LogP contribution in [0.15, 0.2) is 51.1 Å². The Morgan fingerprint density at radius 1 is 1.17 bits per heavy atom. The fourth-order valence-electron chi connectivity index (χ4n) is 2.24. The first-order chi connectivity index (χ1) is 11.7. The van der Waals surface area contributed by atoms with E-state index in [1.54, 1.807) is 0 Å². The van der Waals surface area contributed by atoms with Gasteiger partial charge in [-0.05, 0) is 12.1 Å². The highest BCUT2D eigenvalue weighted by molar-refractivity contribution is 7.99. The molecule has 0 aliphatic carbocycles. The predicted molar refractivity (Wildman–Crippen MR) is 91.4 cm³/mol. The SMILES string of the molecule is C#CCSc1nnc(Cc2cc(=O)[nH]c(=O)[nH]2)n1-c1ccccc1. The smallest absolute Gasteiger partial charge is 0.311 e. The van der Waals surface area contributed by atoms with Gasteiger partial charge in [-0.15, -0.1) is 16.6 Å². The summed E-state index contributed by atoms with van der Waals surface area (Å²) in [6.45, 7) is 0. The Bertz CT molecular complexity index is 969. The first-order valence-electron chi connectivity index (χ1n) is 7.06. The Balaban J connectivity index is 2.04. The molecule has 120 valence electrons.